The second-order valence-electron chi connectivity index (χ2n) is 5.21. The SMILES string of the molecule is COc1ccc(C2(NC(=O)Nc3cc(C)on3)CC2)cc1. The van der Waals surface area contributed by atoms with Gasteiger partial charge in [0.15, 0.2) is 5.82 Å². The molecule has 0 bridgehead atoms. The smallest absolute Gasteiger partial charge is 0.321 e. The number of benzene rings is 1. The summed E-state index contributed by atoms with van der Waals surface area (Å²) in [6.07, 6.45) is 1.84. The Bertz CT molecular complexity index is 644. The monoisotopic (exact) mass is 287 g/mol. The zero-order valence-corrected chi connectivity index (χ0v) is 12.0. The molecule has 6 heteroatoms. The Morgan fingerprint density at radius 1 is 1.33 bits per heavy atom. The maximum Gasteiger partial charge on any atom is 0.321 e. The van der Waals surface area contributed by atoms with Crippen molar-refractivity contribution in [3.8, 4) is 5.75 Å². The Morgan fingerprint density at radius 2 is 2.05 bits per heavy atom. The van der Waals surface area contributed by atoms with E-state index in [1.165, 1.54) is 0 Å². The summed E-state index contributed by atoms with van der Waals surface area (Å²) in [4.78, 5) is 12.0. The normalized spacial score (nSPS) is 15.3. The molecule has 2 N–H and O–H groups in total. The number of carbonyl (C=O) groups excluding carboxylic acids is 1. The van der Waals surface area contributed by atoms with Gasteiger partial charge in [-0.1, -0.05) is 17.3 Å². The Labute approximate surface area is 122 Å². The van der Waals surface area contributed by atoms with E-state index in [4.69, 9.17) is 9.26 Å². The molecule has 6 nitrogen and oxygen atoms in total. The number of hydrogen-bond acceptors (Lipinski definition) is 4. The Kier molecular flexibility index (Phi) is 3.29. The van der Waals surface area contributed by atoms with Gasteiger partial charge in [0.25, 0.3) is 0 Å². The Balaban J connectivity index is 1.66. The van der Waals surface area contributed by atoms with Crippen LogP contribution in [0.25, 0.3) is 0 Å². The van der Waals surface area contributed by atoms with Crippen LogP contribution < -0.4 is 15.4 Å². The first-order valence-corrected chi connectivity index (χ1v) is 6.78. The Hall–Kier alpha value is -2.50. The lowest BCUT2D eigenvalue weighted by molar-refractivity contribution is 0.247. The largest absolute Gasteiger partial charge is 0.497 e. The number of amides is 2. The van der Waals surface area contributed by atoms with Crippen LogP contribution in [0.15, 0.2) is 34.9 Å². The molecule has 110 valence electrons. The van der Waals surface area contributed by atoms with Crippen molar-refractivity contribution in [1.82, 2.24) is 10.5 Å². The summed E-state index contributed by atoms with van der Waals surface area (Å²) in [5, 5.41) is 9.42. The number of methoxy groups -OCH3 is 1. The predicted molar refractivity (Wildman–Crippen MR) is 77.3 cm³/mol. The van der Waals surface area contributed by atoms with E-state index in [1.807, 2.05) is 24.3 Å². The molecule has 0 spiro atoms. The van der Waals surface area contributed by atoms with E-state index >= 15 is 0 Å². The van der Waals surface area contributed by atoms with Crippen molar-refractivity contribution in [2.45, 2.75) is 25.3 Å². The van der Waals surface area contributed by atoms with Crippen molar-refractivity contribution >= 4 is 11.8 Å². The average Bonchev–Trinajstić information content (AvgIpc) is 3.14. The van der Waals surface area contributed by atoms with Gasteiger partial charge in [0.1, 0.15) is 11.5 Å². The summed E-state index contributed by atoms with van der Waals surface area (Å²) in [7, 11) is 1.63. The first-order valence-electron chi connectivity index (χ1n) is 6.78. The molecule has 0 unspecified atom stereocenters. The minimum atomic E-state index is -0.283. The maximum atomic E-state index is 12.0. The zero-order chi connectivity index (χ0) is 14.9. The van der Waals surface area contributed by atoms with Gasteiger partial charge < -0.3 is 14.6 Å². The lowest BCUT2D eigenvalue weighted by atomic mass is 10.1. The molecule has 1 fully saturated rings. The summed E-state index contributed by atoms with van der Waals surface area (Å²) in [5.74, 6) is 1.87. The average molecular weight is 287 g/mol. The van der Waals surface area contributed by atoms with Gasteiger partial charge in [0.05, 0.1) is 12.6 Å². The van der Waals surface area contributed by atoms with Crippen LogP contribution in [-0.4, -0.2) is 18.3 Å². The molecule has 1 aromatic heterocycles. The fraction of sp³-hybridized carbons (Fsp3) is 0.333. The number of urea groups is 1. The maximum absolute atomic E-state index is 12.0. The molecule has 1 aromatic carbocycles. The highest BCUT2D eigenvalue weighted by atomic mass is 16.5. The number of nitrogens with zero attached hydrogens (tertiary/aromatic N) is 1. The summed E-state index contributed by atoms with van der Waals surface area (Å²) >= 11 is 0. The van der Waals surface area contributed by atoms with Gasteiger partial charge >= 0.3 is 6.03 Å². The van der Waals surface area contributed by atoms with Crippen molar-refractivity contribution in [2.75, 3.05) is 12.4 Å². The van der Waals surface area contributed by atoms with Gasteiger partial charge in [0.2, 0.25) is 0 Å². The first-order chi connectivity index (χ1) is 10.1. The van der Waals surface area contributed by atoms with Crippen molar-refractivity contribution in [1.29, 1.82) is 0 Å². The Morgan fingerprint density at radius 3 is 2.57 bits per heavy atom. The molecule has 1 aliphatic rings. The molecular formula is C15H17N3O3. The molecule has 2 amide bonds. The number of aryl methyl sites for hydroxylation is 1. The highest BCUT2D eigenvalue weighted by molar-refractivity contribution is 5.89. The number of anilines is 1. The van der Waals surface area contributed by atoms with E-state index in [-0.39, 0.29) is 11.6 Å². The highest BCUT2D eigenvalue weighted by Gasteiger charge is 2.45. The number of hydrogen-bond donors (Lipinski definition) is 2. The van der Waals surface area contributed by atoms with Crippen LogP contribution in [0.4, 0.5) is 10.6 Å². The van der Waals surface area contributed by atoms with Gasteiger partial charge in [-0.3, -0.25) is 5.32 Å². The summed E-state index contributed by atoms with van der Waals surface area (Å²) in [6, 6.07) is 9.15. The molecular weight excluding hydrogens is 270 g/mol. The molecule has 2 aromatic rings. The molecule has 21 heavy (non-hydrogen) atoms. The molecule has 3 rings (SSSR count). The second-order valence-corrected chi connectivity index (χ2v) is 5.21. The van der Waals surface area contributed by atoms with Crippen molar-refractivity contribution in [2.24, 2.45) is 0 Å². The van der Waals surface area contributed by atoms with Gasteiger partial charge in [-0.15, -0.1) is 0 Å². The van der Waals surface area contributed by atoms with Crippen LogP contribution in [-0.2, 0) is 5.54 Å². The van der Waals surface area contributed by atoms with Crippen molar-refractivity contribution < 1.29 is 14.1 Å². The molecule has 1 heterocycles. The summed E-state index contributed by atoms with van der Waals surface area (Å²) in [5.41, 5.74) is 0.796. The van der Waals surface area contributed by atoms with Crippen LogP contribution in [0.1, 0.15) is 24.2 Å². The first kappa shape index (κ1) is 13.5. The van der Waals surface area contributed by atoms with Crippen LogP contribution in [0.3, 0.4) is 0 Å². The van der Waals surface area contributed by atoms with Gasteiger partial charge in [-0.05, 0) is 37.5 Å². The van der Waals surface area contributed by atoms with Gasteiger partial charge in [-0.2, -0.15) is 0 Å². The van der Waals surface area contributed by atoms with E-state index in [0.717, 1.165) is 24.2 Å². The number of nitrogens with one attached hydrogen (secondary N) is 2. The van der Waals surface area contributed by atoms with E-state index in [9.17, 15) is 4.79 Å². The predicted octanol–water partition coefficient (Wildman–Crippen LogP) is 2.80. The summed E-state index contributed by atoms with van der Waals surface area (Å²) in [6.45, 7) is 1.77. The third-order valence-electron chi connectivity index (χ3n) is 3.61. The van der Waals surface area contributed by atoms with Gasteiger partial charge in [0, 0.05) is 6.07 Å². The summed E-state index contributed by atoms with van der Waals surface area (Å²) < 4.78 is 10.1. The molecule has 0 aliphatic heterocycles. The standard InChI is InChI=1S/C15H17N3O3/c1-10-9-13(18-21-10)16-14(19)17-15(7-8-15)11-3-5-12(20-2)6-4-11/h3-6,9H,7-8H2,1-2H3,(H2,16,17,18,19). The van der Waals surface area contributed by atoms with Crippen LogP contribution in [0.5, 0.6) is 5.75 Å². The molecule has 0 saturated heterocycles. The molecule has 1 aliphatic carbocycles. The number of aromatic nitrogens is 1. The number of ether oxygens (including phenoxy) is 1. The van der Waals surface area contributed by atoms with Crippen molar-refractivity contribution in [3.05, 3.63) is 41.7 Å². The third-order valence-corrected chi connectivity index (χ3v) is 3.61. The van der Waals surface area contributed by atoms with Crippen LogP contribution in [0.2, 0.25) is 0 Å². The number of carbonyl (C=O) groups is 1. The number of rotatable bonds is 4. The lowest BCUT2D eigenvalue weighted by Crippen LogP contribution is -2.38. The van der Waals surface area contributed by atoms with Gasteiger partial charge in [-0.25, -0.2) is 4.79 Å². The minimum Gasteiger partial charge on any atom is -0.497 e. The quantitative estimate of drug-likeness (QED) is 0.906. The van der Waals surface area contributed by atoms with E-state index in [2.05, 4.69) is 15.8 Å². The fourth-order valence-corrected chi connectivity index (χ4v) is 2.31. The minimum absolute atomic E-state index is 0.281. The van der Waals surface area contributed by atoms with E-state index in [1.54, 1.807) is 20.1 Å². The zero-order valence-electron chi connectivity index (χ0n) is 12.0. The third kappa shape index (κ3) is 2.84. The highest BCUT2D eigenvalue weighted by Crippen LogP contribution is 2.45. The molecule has 0 atom stereocenters. The molecule has 1 saturated carbocycles. The lowest BCUT2D eigenvalue weighted by Gasteiger charge is -2.18. The van der Waals surface area contributed by atoms with Crippen LogP contribution in [0, 0.1) is 6.92 Å². The second kappa shape index (κ2) is 5.12. The fourth-order valence-electron chi connectivity index (χ4n) is 2.31. The van der Waals surface area contributed by atoms with E-state index in [0.29, 0.717) is 11.6 Å². The van der Waals surface area contributed by atoms with Crippen LogP contribution >= 0.6 is 0 Å². The topological polar surface area (TPSA) is 76.4 Å². The molecule has 0 radical (unpaired) electrons. The van der Waals surface area contributed by atoms with Crippen molar-refractivity contribution in [3.63, 3.8) is 0 Å². The van der Waals surface area contributed by atoms with E-state index < -0.39 is 0 Å².